The maximum Gasteiger partial charge on any atom is 0.293 e. The molecule has 8 heteroatoms. The molecule has 0 radical (unpaired) electrons. The maximum absolute atomic E-state index is 12.7. The first kappa shape index (κ1) is 18.7. The van der Waals surface area contributed by atoms with Gasteiger partial charge in [0.05, 0.1) is 10.7 Å². The van der Waals surface area contributed by atoms with Crippen molar-refractivity contribution in [1.82, 2.24) is 25.0 Å². The highest BCUT2D eigenvalue weighted by Gasteiger charge is 2.27. The Labute approximate surface area is 152 Å². The highest BCUT2D eigenvalue weighted by atomic mass is 35.5. The van der Waals surface area contributed by atoms with Crippen molar-refractivity contribution >= 4 is 29.9 Å². The highest BCUT2D eigenvalue weighted by molar-refractivity contribution is 6.32. The van der Waals surface area contributed by atoms with Gasteiger partial charge < -0.3 is 10.2 Å². The summed E-state index contributed by atoms with van der Waals surface area (Å²) < 4.78 is 1.66. The van der Waals surface area contributed by atoms with Gasteiger partial charge in [0.1, 0.15) is 5.82 Å². The number of amides is 1. The SMILES string of the molecule is CCc1nc(C(=O)N(C)C2CCNC2)nn1-c1ccccc1Cl.Cl. The molecule has 1 unspecified atom stereocenters. The number of para-hydroxylation sites is 1. The molecule has 2 aromatic rings. The number of nitrogens with zero attached hydrogens (tertiary/aromatic N) is 4. The number of likely N-dealkylation sites (N-methyl/N-ethyl adjacent to an activating group) is 1. The van der Waals surface area contributed by atoms with Crippen molar-refractivity contribution in [2.45, 2.75) is 25.8 Å². The Morgan fingerprint density at radius 1 is 1.46 bits per heavy atom. The van der Waals surface area contributed by atoms with Gasteiger partial charge >= 0.3 is 0 Å². The Morgan fingerprint density at radius 3 is 2.83 bits per heavy atom. The van der Waals surface area contributed by atoms with E-state index in [2.05, 4.69) is 15.4 Å². The smallest absolute Gasteiger partial charge is 0.293 e. The maximum atomic E-state index is 12.7. The Bertz CT molecular complexity index is 712. The van der Waals surface area contributed by atoms with Crippen LogP contribution in [0.25, 0.3) is 5.69 Å². The van der Waals surface area contributed by atoms with E-state index in [0.29, 0.717) is 11.4 Å². The molecule has 1 aliphatic heterocycles. The summed E-state index contributed by atoms with van der Waals surface area (Å²) in [4.78, 5) is 18.8. The summed E-state index contributed by atoms with van der Waals surface area (Å²) in [5, 5.41) is 8.26. The average Bonchev–Trinajstić information content (AvgIpc) is 3.23. The molecule has 0 saturated carbocycles. The fourth-order valence-corrected chi connectivity index (χ4v) is 2.99. The molecule has 1 saturated heterocycles. The first-order valence-corrected chi connectivity index (χ1v) is 8.18. The van der Waals surface area contributed by atoms with Crippen molar-refractivity contribution in [3.8, 4) is 5.69 Å². The van der Waals surface area contributed by atoms with E-state index in [4.69, 9.17) is 11.6 Å². The normalized spacial score (nSPS) is 16.7. The van der Waals surface area contributed by atoms with Crippen LogP contribution in [0.2, 0.25) is 5.02 Å². The van der Waals surface area contributed by atoms with Gasteiger partial charge in [-0.05, 0) is 25.1 Å². The molecule has 2 heterocycles. The van der Waals surface area contributed by atoms with Gasteiger partial charge in [0.25, 0.3) is 5.91 Å². The van der Waals surface area contributed by atoms with Crippen LogP contribution >= 0.6 is 24.0 Å². The third kappa shape index (κ3) is 3.55. The first-order chi connectivity index (χ1) is 11.1. The van der Waals surface area contributed by atoms with Crippen molar-refractivity contribution in [2.75, 3.05) is 20.1 Å². The number of hydrogen-bond donors (Lipinski definition) is 1. The number of aryl methyl sites for hydroxylation is 1. The van der Waals surface area contributed by atoms with E-state index in [-0.39, 0.29) is 30.2 Å². The molecule has 1 aromatic heterocycles. The number of hydrogen-bond acceptors (Lipinski definition) is 4. The zero-order valence-electron chi connectivity index (χ0n) is 13.7. The van der Waals surface area contributed by atoms with Gasteiger partial charge in [-0.1, -0.05) is 30.7 Å². The van der Waals surface area contributed by atoms with Crippen molar-refractivity contribution in [3.05, 3.63) is 40.9 Å². The van der Waals surface area contributed by atoms with Crippen molar-refractivity contribution in [3.63, 3.8) is 0 Å². The molecular formula is C16H21Cl2N5O. The Kier molecular flexibility index (Phi) is 6.21. The lowest BCUT2D eigenvalue weighted by Crippen LogP contribution is -2.38. The third-order valence-corrected chi connectivity index (χ3v) is 4.48. The fourth-order valence-electron chi connectivity index (χ4n) is 2.77. The quantitative estimate of drug-likeness (QED) is 0.898. The van der Waals surface area contributed by atoms with Crippen molar-refractivity contribution in [1.29, 1.82) is 0 Å². The lowest BCUT2D eigenvalue weighted by molar-refractivity contribution is 0.0731. The Morgan fingerprint density at radius 2 is 2.21 bits per heavy atom. The number of carbonyl (C=O) groups excluding carboxylic acids is 1. The van der Waals surface area contributed by atoms with E-state index in [1.54, 1.807) is 15.6 Å². The first-order valence-electron chi connectivity index (χ1n) is 7.80. The summed E-state index contributed by atoms with van der Waals surface area (Å²) in [6.45, 7) is 3.73. The summed E-state index contributed by atoms with van der Waals surface area (Å²) in [7, 11) is 1.81. The van der Waals surface area contributed by atoms with Gasteiger partial charge in [0.2, 0.25) is 5.82 Å². The molecule has 1 amide bonds. The number of benzene rings is 1. The van der Waals surface area contributed by atoms with Crippen LogP contribution in [0, 0.1) is 0 Å². The van der Waals surface area contributed by atoms with Crippen LogP contribution < -0.4 is 5.32 Å². The van der Waals surface area contributed by atoms with E-state index in [9.17, 15) is 4.79 Å². The van der Waals surface area contributed by atoms with Crippen LogP contribution in [0.3, 0.4) is 0 Å². The van der Waals surface area contributed by atoms with E-state index in [0.717, 1.165) is 31.0 Å². The zero-order valence-corrected chi connectivity index (χ0v) is 15.3. The molecule has 1 aromatic carbocycles. The molecule has 1 atom stereocenters. The van der Waals surface area contributed by atoms with Gasteiger partial charge in [-0.2, -0.15) is 0 Å². The standard InChI is InChI=1S/C16H20ClN5O.ClH/c1-3-14-19-15(16(23)21(2)11-8-9-18-10-11)20-22(14)13-7-5-4-6-12(13)17;/h4-7,11,18H,3,8-10H2,1-2H3;1H. The number of halogens is 2. The third-order valence-electron chi connectivity index (χ3n) is 4.16. The molecule has 3 rings (SSSR count). The van der Waals surface area contributed by atoms with E-state index >= 15 is 0 Å². The van der Waals surface area contributed by atoms with Crippen LogP contribution in [0.1, 0.15) is 29.8 Å². The molecule has 0 spiro atoms. The number of carbonyl (C=O) groups is 1. The van der Waals surface area contributed by atoms with Crippen LogP contribution in [0.15, 0.2) is 24.3 Å². The summed E-state index contributed by atoms with van der Waals surface area (Å²) >= 11 is 6.25. The molecule has 1 N–H and O–H groups in total. The van der Waals surface area contributed by atoms with Crippen LogP contribution in [-0.2, 0) is 6.42 Å². The zero-order chi connectivity index (χ0) is 16.4. The number of rotatable bonds is 4. The minimum absolute atomic E-state index is 0. The van der Waals surface area contributed by atoms with Gasteiger partial charge in [-0.15, -0.1) is 17.5 Å². The van der Waals surface area contributed by atoms with E-state index in [1.165, 1.54) is 0 Å². The lowest BCUT2D eigenvalue weighted by atomic mass is 10.2. The molecule has 6 nitrogen and oxygen atoms in total. The van der Waals surface area contributed by atoms with E-state index < -0.39 is 0 Å². The summed E-state index contributed by atoms with van der Waals surface area (Å²) in [5.74, 6) is 0.787. The minimum atomic E-state index is -0.154. The molecule has 130 valence electrons. The topological polar surface area (TPSA) is 63.1 Å². The van der Waals surface area contributed by atoms with Crippen LogP contribution in [-0.4, -0.2) is 51.8 Å². The molecule has 24 heavy (non-hydrogen) atoms. The fraction of sp³-hybridized carbons (Fsp3) is 0.438. The molecule has 1 aliphatic rings. The second kappa shape index (κ2) is 7.96. The predicted octanol–water partition coefficient (Wildman–Crippen LogP) is 2.34. The summed E-state index contributed by atoms with van der Waals surface area (Å²) in [6, 6.07) is 7.62. The number of nitrogens with one attached hydrogen (secondary N) is 1. The number of aromatic nitrogens is 3. The largest absolute Gasteiger partial charge is 0.335 e. The molecule has 0 aliphatic carbocycles. The van der Waals surface area contributed by atoms with E-state index in [1.807, 2.05) is 32.2 Å². The van der Waals surface area contributed by atoms with Crippen LogP contribution in [0.5, 0.6) is 0 Å². The van der Waals surface area contributed by atoms with Crippen molar-refractivity contribution < 1.29 is 4.79 Å². The average molecular weight is 370 g/mol. The van der Waals surface area contributed by atoms with Gasteiger partial charge in [0, 0.05) is 26.1 Å². The summed E-state index contributed by atoms with van der Waals surface area (Å²) in [5.41, 5.74) is 0.739. The monoisotopic (exact) mass is 369 g/mol. The Balaban J connectivity index is 0.00000208. The second-order valence-corrected chi connectivity index (χ2v) is 6.04. The predicted molar refractivity (Wildman–Crippen MR) is 96.4 cm³/mol. The second-order valence-electron chi connectivity index (χ2n) is 5.63. The van der Waals surface area contributed by atoms with Gasteiger partial charge in [-0.3, -0.25) is 4.79 Å². The van der Waals surface area contributed by atoms with Gasteiger partial charge in [-0.25, -0.2) is 9.67 Å². The van der Waals surface area contributed by atoms with Gasteiger partial charge in [0.15, 0.2) is 0 Å². The molecule has 0 bridgehead atoms. The summed E-state index contributed by atoms with van der Waals surface area (Å²) in [6.07, 6.45) is 1.62. The minimum Gasteiger partial charge on any atom is -0.335 e. The van der Waals surface area contributed by atoms with Crippen LogP contribution in [0.4, 0.5) is 0 Å². The lowest BCUT2D eigenvalue weighted by Gasteiger charge is -2.22. The van der Waals surface area contributed by atoms with Crippen molar-refractivity contribution in [2.24, 2.45) is 0 Å². The highest BCUT2D eigenvalue weighted by Crippen LogP contribution is 2.21. The Hall–Kier alpha value is -1.63. The molecular weight excluding hydrogens is 349 g/mol. The molecule has 1 fully saturated rings.